The van der Waals surface area contributed by atoms with Crippen LogP contribution < -0.4 is 25.6 Å². The van der Waals surface area contributed by atoms with Crippen molar-refractivity contribution in [1.29, 1.82) is 0 Å². The lowest BCUT2D eigenvalue weighted by Gasteiger charge is -2.32. The van der Waals surface area contributed by atoms with Crippen LogP contribution in [-0.2, 0) is 4.57 Å². The number of methoxy groups -OCH3 is 1. The molecule has 0 saturated carbocycles. The van der Waals surface area contributed by atoms with Gasteiger partial charge in [0.25, 0.3) is 0 Å². The van der Waals surface area contributed by atoms with Crippen LogP contribution in [0.3, 0.4) is 0 Å². The summed E-state index contributed by atoms with van der Waals surface area (Å²) in [5.41, 5.74) is 2.53. The summed E-state index contributed by atoms with van der Waals surface area (Å²) in [6.45, 7) is 10.1. The first-order valence-corrected chi connectivity index (χ1v) is 16.1. The van der Waals surface area contributed by atoms with Gasteiger partial charge in [0.15, 0.2) is 5.82 Å². The van der Waals surface area contributed by atoms with Crippen molar-refractivity contribution in [2.45, 2.75) is 6.42 Å². The maximum Gasteiger partial charge on any atom is 0.229 e. The molecule has 0 unspecified atom stereocenters. The molecule has 0 amide bonds. The number of benzene rings is 2. The van der Waals surface area contributed by atoms with E-state index in [1.807, 2.05) is 36.4 Å². The lowest BCUT2D eigenvalue weighted by atomic mass is 10.2. The Bertz CT molecular complexity index is 1310. The molecule has 1 fully saturated rings. The maximum atomic E-state index is 12.8. The molecule has 0 aliphatic carbocycles. The molecule has 11 heteroatoms. The van der Waals surface area contributed by atoms with E-state index in [2.05, 4.69) is 55.5 Å². The number of rotatable bonds is 11. The van der Waals surface area contributed by atoms with Gasteiger partial charge in [-0.2, -0.15) is 4.98 Å². The first-order chi connectivity index (χ1) is 18.6. The zero-order valence-corrected chi connectivity index (χ0v) is 25.1. The monoisotopic (exact) mass is 571 g/mol. The number of hydrogen-bond donors (Lipinski definition) is 2. The lowest BCUT2D eigenvalue weighted by molar-refractivity contribution is 0.153. The summed E-state index contributed by atoms with van der Waals surface area (Å²) in [6.07, 6.45) is 2.64. The molecular weight excluding hydrogens is 533 g/mol. The van der Waals surface area contributed by atoms with E-state index in [0.717, 1.165) is 62.4 Å². The van der Waals surface area contributed by atoms with E-state index in [1.165, 1.54) is 6.20 Å². The van der Waals surface area contributed by atoms with E-state index in [1.54, 1.807) is 20.4 Å². The largest absolute Gasteiger partial charge is 0.494 e. The Morgan fingerprint density at radius 3 is 2.54 bits per heavy atom. The molecule has 2 heterocycles. The van der Waals surface area contributed by atoms with E-state index >= 15 is 0 Å². The molecule has 9 nitrogen and oxygen atoms in total. The van der Waals surface area contributed by atoms with Crippen molar-refractivity contribution in [3.05, 3.63) is 53.7 Å². The van der Waals surface area contributed by atoms with Crippen LogP contribution in [0.15, 0.2) is 48.7 Å². The van der Waals surface area contributed by atoms with E-state index < -0.39 is 7.14 Å². The zero-order valence-electron chi connectivity index (χ0n) is 23.4. The van der Waals surface area contributed by atoms with Crippen LogP contribution in [-0.4, -0.2) is 93.6 Å². The van der Waals surface area contributed by atoms with Crippen molar-refractivity contribution >= 4 is 52.9 Å². The highest BCUT2D eigenvalue weighted by atomic mass is 35.5. The van der Waals surface area contributed by atoms with E-state index in [-0.39, 0.29) is 0 Å². The van der Waals surface area contributed by atoms with Crippen molar-refractivity contribution in [2.75, 3.05) is 89.3 Å². The molecule has 1 aliphatic rings. The lowest BCUT2D eigenvalue weighted by Crippen LogP contribution is -2.45. The fourth-order valence-corrected chi connectivity index (χ4v) is 5.86. The van der Waals surface area contributed by atoms with Crippen LogP contribution in [0.1, 0.15) is 6.42 Å². The second-order valence-electron chi connectivity index (χ2n) is 10.3. The molecule has 210 valence electrons. The summed E-state index contributed by atoms with van der Waals surface area (Å²) >= 11 is 6.41. The SMILES string of the molecule is COc1cc(N(C)CCCN2CCN(C)CC2)ccc1Nc1ncc(Cl)c(Nc2ccccc2P(C)(C)=O)n1. The molecule has 0 atom stereocenters. The van der Waals surface area contributed by atoms with E-state index in [9.17, 15) is 4.57 Å². The van der Waals surface area contributed by atoms with Crippen molar-refractivity contribution < 1.29 is 9.30 Å². The number of likely N-dealkylation sites (N-methyl/N-ethyl adjacent to an activating group) is 1. The highest BCUT2D eigenvalue weighted by molar-refractivity contribution is 7.70. The normalized spacial score (nSPS) is 14.7. The average molecular weight is 572 g/mol. The number of anilines is 5. The summed E-state index contributed by atoms with van der Waals surface area (Å²) in [6, 6.07) is 13.5. The van der Waals surface area contributed by atoms with Gasteiger partial charge in [0, 0.05) is 56.8 Å². The van der Waals surface area contributed by atoms with Crippen LogP contribution >= 0.6 is 18.7 Å². The number of halogens is 1. The minimum atomic E-state index is -2.50. The van der Waals surface area contributed by atoms with Gasteiger partial charge in [-0.3, -0.25) is 0 Å². The summed E-state index contributed by atoms with van der Waals surface area (Å²) in [7, 11) is 3.44. The molecular formula is C28H39ClN7O2P. The highest BCUT2D eigenvalue weighted by Crippen LogP contribution is 2.39. The van der Waals surface area contributed by atoms with Crippen LogP contribution in [0, 0.1) is 0 Å². The maximum absolute atomic E-state index is 12.8. The molecule has 1 aromatic heterocycles. The van der Waals surface area contributed by atoms with Gasteiger partial charge in [0.2, 0.25) is 5.95 Å². The Hall–Kier alpha value is -2.84. The van der Waals surface area contributed by atoms with Gasteiger partial charge in [-0.25, -0.2) is 4.98 Å². The van der Waals surface area contributed by atoms with Crippen LogP contribution in [0.25, 0.3) is 0 Å². The predicted molar refractivity (Wildman–Crippen MR) is 164 cm³/mol. The highest BCUT2D eigenvalue weighted by Gasteiger charge is 2.18. The Morgan fingerprint density at radius 1 is 1.08 bits per heavy atom. The third-order valence-corrected chi connectivity index (χ3v) is 8.74. The third kappa shape index (κ3) is 7.85. The van der Waals surface area contributed by atoms with Crippen LogP contribution in [0.2, 0.25) is 5.02 Å². The standard InChI is InChI=1S/C28H39ClN7O2P/c1-34-15-17-36(18-16-34)14-8-13-35(2)21-11-12-23(25(19-21)38-3)32-28-30-20-22(29)27(33-28)31-24-9-6-7-10-26(24)39(4,5)37/h6-7,9-12,19-20H,8,13-18H2,1-5H3,(H2,30,31,32,33). The third-order valence-electron chi connectivity index (χ3n) is 6.92. The molecule has 0 bridgehead atoms. The number of piperazine rings is 1. The smallest absolute Gasteiger partial charge is 0.229 e. The molecule has 4 rings (SSSR count). The molecule has 1 aliphatic heterocycles. The van der Waals surface area contributed by atoms with Gasteiger partial charge >= 0.3 is 0 Å². The number of ether oxygens (including phenoxy) is 1. The topological polar surface area (TPSA) is 85.9 Å². The van der Waals surface area contributed by atoms with E-state index in [4.69, 9.17) is 16.3 Å². The predicted octanol–water partition coefficient (Wildman–Crippen LogP) is 4.95. The van der Waals surface area contributed by atoms with Gasteiger partial charge < -0.3 is 34.6 Å². The zero-order chi connectivity index (χ0) is 28.0. The van der Waals surface area contributed by atoms with Crippen molar-refractivity contribution in [1.82, 2.24) is 19.8 Å². The number of nitrogens with one attached hydrogen (secondary N) is 2. The van der Waals surface area contributed by atoms with Crippen LogP contribution in [0.4, 0.5) is 28.8 Å². The first-order valence-electron chi connectivity index (χ1n) is 13.2. The minimum absolute atomic E-state index is 0.359. The summed E-state index contributed by atoms with van der Waals surface area (Å²) in [5, 5.41) is 7.57. The fraction of sp³-hybridized carbons (Fsp3) is 0.429. The fourth-order valence-electron chi connectivity index (χ4n) is 4.56. The molecule has 0 spiro atoms. The molecule has 2 aromatic carbocycles. The number of nitrogens with zero attached hydrogens (tertiary/aromatic N) is 5. The van der Waals surface area contributed by atoms with Gasteiger partial charge in [0.1, 0.15) is 17.9 Å². The first kappa shape index (κ1) is 29.2. The minimum Gasteiger partial charge on any atom is -0.494 e. The summed E-state index contributed by atoms with van der Waals surface area (Å²) in [4.78, 5) is 16.1. The number of para-hydroxylation sites is 1. The average Bonchev–Trinajstić information content (AvgIpc) is 2.91. The Kier molecular flexibility index (Phi) is 9.72. The van der Waals surface area contributed by atoms with E-state index in [0.29, 0.717) is 28.2 Å². The Labute approximate surface area is 236 Å². The van der Waals surface area contributed by atoms with Crippen molar-refractivity contribution in [2.24, 2.45) is 0 Å². The summed E-state index contributed by atoms with van der Waals surface area (Å²) in [5.74, 6) is 1.47. The van der Waals surface area contributed by atoms with Gasteiger partial charge in [0.05, 0.1) is 24.7 Å². The molecule has 2 N–H and O–H groups in total. The second-order valence-corrected chi connectivity index (χ2v) is 13.9. The second kappa shape index (κ2) is 13.0. The molecule has 3 aromatic rings. The Morgan fingerprint density at radius 2 is 1.82 bits per heavy atom. The van der Waals surface area contributed by atoms with Crippen LogP contribution in [0.5, 0.6) is 5.75 Å². The summed E-state index contributed by atoms with van der Waals surface area (Å²) < 4.78 is 18.5. The quantitative estimate of drug-likeness (QED) is 0.311. The Balaban J connectivity index is 1.43. The molecule has 0 radical (unpaired) electrons. The number of hydrogen-bond acceptors (Lipinski definition) is 9. The van der Waals surface area contributed by atoms with Gasteiger partial charge in [-0.05, 0) is 57.6 Å². The van der Waals surface area contributed by atoms with Crippen molar-refractivity contribution in [3.8, 4) is 5.75 Å². The van der Waals surface area contributed by atoms with Crippen molar-refractivity contribution in [3.63, 3.8) is 0 Å². The van der Waals surface area contributed by atoms with Gasteiger partial charge in [-0.15, -0.1) is 0 Å². The van der Waals surface area contributed by atoms with Gasteiger partial charge in [-0.1, -0.05) is 23.7 Å². The molecule has 1 saturated heterocycles. The number of aromatic nitrogens is 2. The molecule has 39 heavy (non-hydrogen) atoms.